The molecule has 4 aromatic rings. The Balaban J connectivity index is 1.30. The number of carbonyl (C=O) groups excluding carboxylic acids is 1. The Labute approximate surface area is 166 Å². The summed E-state index contributed by atoms with van der Waals surface area (Å²) < 4.78 is 7.71. The van der Waals surface area contributed by atoms with Crippen LogP contribution >= 0.6 is 11.3 Å². The number of ether oxygens (including phenoxy) is 1. The van der Waals surface area contributed by atoms with E-state index in [0.717, 1.165) is 21.3 Å². The highest BCUT2D eigenvalue weighted by Crippen LogP contribution is 2.26. The number of nitrogens with zero attached hydrogens (tertiary/aromatic N) is 3. The Morgan fingerprint density at radius 3 is 2.96 bits per heavy atom. The van der Waals surface area contributed by atoms with Gasteiger partial charge in [0.2, 0.25) is 5.91 Å². The lowest BCUT2D eigenvalue weighted by atomic mass is 10.2. The average Bonchev–Trinajstić information content (AvgIpc) is 3.35. The molecule has 0 aliphatic rings. The average molecular weight is 395 g/mol. The largest absolute Gasteiger partial charge is 0.382 e. The first-order valence-electron chi connectivity index (χ1n) is 9.08. The number of fused-ring (bicyclic) bond motifs is 3. The molecule has 0 atom stereocenters. The van der Waals surface area contributed by atoms with E-state index >= 15 is 0 Å². The molecule has 8 heteroatoms. The van der Waals surface area contributed by atoms with Crippen molar-refractivity contribution in [3.05, 3.63) is 53.0 Å². The van der Waals surface area contributed by atoms with Crippen molar-refractivity contribution in [3.8, 4) is 0 Å². The Morgan fingerprint density at radius 2 is 2.11 bits per heavy atom. The molecule has 1 amide bonds. The zero-order valence-electron chi connectivity index (χ0n) is 15.3. The van der Waals surface area contributed by atoms with E-state index in [1.54, 1.807) is 17.7 Å². The molecule has 0 aliphatic heterocycles. The summed E-state index contributed by atoms with van der Waals surface area (Å²) in [4.78, 5) is 21.7. The first kappa shape index (κ1) is 18.4. The van der Waals surface area contributed by atoms with Gasteiger partial charge in [0.1, 0.15) is 5.52 Å². The third-order valence-corrected chi connectivity index (χ3v) is 5.32. The minimum atomic E-state index is 0.0149. The van der Waals surface area contributed by atoms with E-state index in [1.807, 2.05) is 46.3 Å². The van der Waals surface area contributed by atoms with E-state index < -0.39 is 0 Å². The molecule has 0 aliphatic carbocycles. The van der Waals surface area contributed by atoms with Crippen LogP contribution in [0.4, 0.5) is 5.82 Å². The monoisotopic (exact) mass is 395 g/mol. The van der Waals surface area contributed by atoms with E-state index in [4.69, 9.17) is 10.5 Å². The van der Waals surface area contributed by atoms with Crippen LogP contribution in [0.15, 0.2) is 48.1 Å². The topological polar surface area (TPSA) is 95.1 Å². The van der Waals surface area contributed by atoms with Gasteiger partial charge in [-0.25, -0.2) is 9.97 Å². The van der Waals surface area contributed by atoms with Crippen molar-refractivity contribution in [2.45, 2.75) is 13.0 Å². The quantitative estimate of drug-likeness (QED) is 0.447. The van der Waals surface area contributed by atoms with Crippen LogP contribution in [0.5, 0.6) is 0 Å². The van der Waals surface area contributed by atoms with Crippen LogP contribution in [0, 0.1) is 0 Å². The van der Waals surface area contributed by atoms with Crippen molar-refractivity contribution in [3.63, 3.8) is 0 Å². The van der Waals surface area contributed by atoms with Crippen molar-refractivity contribution in [1.29, 1.82) is 0 Å². The molecule has 0 bridgehead atoms. The van der Waals surface area contributed by atoms with Gasteiger partial charge in [-0.05, 0) is 17.5 Å². The Hall–Kier alpha value is -2.97. The number of rotatable bonds is 8. The molecule has 7 nitrogen and oxygen atoms in total. The van der Waals surface area contributed by atoms with Gasteiger partial charge >= 0.3 is 0 Å². The smallest absolute Gasteiger partial charge is 0.225 e. The normalized spacial score (nSPS) is 11.3. The lowest BCUT2D eigenvalue weighted by molar-refractivity contribution is -0.120. The van der Waals surface area contributed by atoms with Gasteiger partial charge in [0.15, 0.2) is 5.82 Å². The molecule has 3 N–H and O–H groups in total. The summed E-state index contributed by atoms with van der Waals surface area (Å²) in [7, 11) is 0. The summed E-state index contributed by atoms with van der Waals surface area (Å²) in [5.41, 5.74) is 8.58. The molecule has 0 radical (unpaired) electrons. The number of pyridine rings is 1. The fourth-order valence-electron chi connectivity index (χ4n) is 3.14. The lowest BCUT2D eigenvalue weighted by Gasteiger charge is -2.09. The van der Waals surface area contributed by atoms with Gasteiger partial charge in [-0.15, -0.1) is 11.3 Å². The fourth-order valence-corrected chi connectivity index (χ4v) is 3.84. The highest BCUT2D eigenvalue weighted by Gasteiger charge is 2.11. The molecule has 0 unspecified atom stereocenters. The van der Waals surface area contributed by atoms with Crippen LogP contribution < -0.4 is 11.1 Å². The number of anilines is 1. The minimum absolute atomic E-state index is 0.0149. The van der Waals surface area contributed by atoms with Crippen molar-refractivity contribution in [2.24, 2.45) is 0 Å². The summed E-state index contributed by atoms with van der Waals surface area (Å²) in [6.45, 7) is 2.12. The highest BCUT2D eigenvalue weighted by atomic mass is 32.1. The van der Waals surface area contributed by atoms with Gasteiger partial charge in [-0.1, -0.05) is 24.3 Å². The summed E-state index contributed by atoms with van der Waals surface area (Å²) in [5, 5.41) is 5.86. The van der Waals surface area contributed by atoms with Crippen molar-refractivity contribution >= 4 is 45.0 Å². The summed E-state index contributed by atoms with van der Waals surface area (Å²) in [5.74, 6) is 0.447. The molecular weight excluding hydrogens is 374 g/mol. The van der Waals surface area contributed by atoms with Crippen LogP contribution in [0.25, 0.3) is 21.9 Å². The van der Waals surface area contributed by atoms with Gasteiger partial charge in [0.25, 0.3) is 0 Å². The van der Waals surface area contributed by atoms with Crippen LogP contribution in [0.2, 0.25) is 0 Å². The fraction of sp³-hybridized carbons (Fsp3) is 0.250. The third-order valence-electron chi connectivity index (χ3n) is 4.44. The van der Waals surface area contributed by atoms with E-state index in [-0.39, 0.29) is 5.91 Å². The first-order chi connectivity index (χ1) is 13.7. The second kappa shape index (κ2) is 8.37. The number of hydrogen-bond acceptors (Lipinski definition) is 6. The maximum absolute atomic E-state index is 11.8. The lowest BCUT2D eigenvalue weighted by Crippen LogP contribution is -2.28. The van der Waals surface area contributed by atoms with E-state index in [0.29, 0.717) is 44.1 Å². The molecule has 0 spiro atoms. The highest BCUT2D eigenvalue weighted by molar-refractivity contribution is 7.10. The van der Waals surface area contributed by atoms with Crippen LogP contribution in [-0.2, 0) is 22.5 Å². The third kappa shape index (κ3) is 3.97. The van der Waals surface area contributed by atoms with Gasteiger partial charge in [-0.2, -0.15) is 0 Å². The molecule has 28 heavy (non-hydrogen) atoms. The maximum Gasteiger partial charge on any atom is 0.225 e. The van der Waals surface area contributed by atoms with Gasteiger partial charge in [-0.3, -0.25) is 4.79 Å². The molecule has 144 valence electrons. The summed E-state index contributed by atoms with van der Waals surface area (Å²) in [6, 6.07) is 11.8. The minimum Gasteiger partial charge on any atom is -0.382 e. The number of carbonyl (C=O) groups is 1. The van der Waals surface area contributed by atoms with Crippen LogP contribution in [0.1, 0.15) is 4.88 Å². The predicted octanol–water partition coefficient (Wildman–Crippen LogP) is 2.60. The molecular formula is C20H21N5O2S. The number of nitrogen functional groups attached to an aromatic ring is 1. The number of nitrogens with one attached hydrogen (secondary N) is 1. The number of thiophene rings is 1. The number of benzene rings is 1. The standard InChI is InChI=1S/C20H21N5O2S/c21-20-18-19(15-5-1-2-6-16(15)24-20)25(13-23-18)8-10-27-9-7-22-17(26)12-14-4-3-11-28-14/h1-6,11,13H,7-10,12H2,(H2,21,24)(H,22,26). The molecule has 3 heterocycles. The molecule has 4 rings (SSSR count). The number of hydrogen-bond donors (Lipinski definition) is 2. The van der Waals surface area contributed by atoms with Crippen molar-refractivity contribution < 1.29 is 9.53 Å². The number of aromatic nitrogens is 3. The summed E-state index contributed by atoms with van der Waals surface area (Å²) >= 11 is 1.59. The molecule has 0 saturated heterocycles. The number of imidazole rings is 1. The van der Waals surface area contributed by atoms with Crippen molar-refractivity contribution in [2.75, 3.05) is 25.5 Å². The van der Waals surface area contributed by atoms with E-state index in [2.05, 4.69) is 15.3 Å². The van der Waals surface area contributed by atoms with Crippen molar-refractivity contribution in [1.82, 2.24) is 19.9 Å². The van der Waals surface area contributed by atoms with Crippen LogP contribution in [0.3, 0.4) is 0 Å². The predicted molar refractivity (Wildman–Crippen MR) is 111 cm³/mol. The number of para-hydroxylation sites is 1. The Kier molecular flexibility index (Phi) is 5.50. The molecule has 0 fully saturated rings. The van der Waals surface area contributed by atoms with Gasteiger partial charge in [0.05, 0.1) is 37.0 Å². The van der Waals surface area contributed by atoms with Crippen LogP contribution in [-0.4, -0.2) is 40.2 Å². The van der Waals surface area contributed by atoms with Gasteiger partial charge < -0.3 is 20.4 Å². The van der Waals surface area contributed by atoms with Gasteiger partial charge in [0, 0.05) is 23.4 Å². The van der Waals surface area contributed by atoms with E-state index in [9.17, 15) is 4.79 Å². The first-order valence-corrected chi connectivity index (χ1v) is 9.96. The maximum atomic E-state index is 11.8. The van der Waals surface area contributed by atoms with E-state index in [1.165, 1.54) is 0 Å². The zero-order valence-corrected chi connectivity index (χ0v) is 16.1. The molecule has 1 aromatic carbocycles. The zero-order chi connectivity index (χ0) is 19.3. The Morgan fingerprint density at radius 1 is 1.21 bits per heavy atom. The SMILES string of the molecule is Nc1nc2ccccc2c2c1ncn2CCOCCNC(=O)Cc1cccs1. The Bertz CT molecular complexity index is 1090. The number of amides is 1. The molecule has 3 aromatic heterocycles. The summed E-state index contributed by atoms with van der Waals surface area (Å²) in [6.07, 6.45) is 2.18. The number of nitrogens with two attached hydrogens (primary N) is 1. The second-order valence-electron chi connectivity index (χ2n) is 6.37. The molecule has 0 saturated carbocycles. The second-order valence-corrected chi connectivity index (χ2v) is 7.40.